The fraction of sp³-hybridized carbons (Fsp3) is 0.500. The molecule has 36 heavy (non-hydrogen) atoms. The van der Waals surface area contributed by atoms with Crippen LogP contribution in [0.1, 0.15) is 48.0 Å². The number of aliphatic hydroxyl groups is 1. The summed E-state index contributed by atoms with van der Waals surface area (Å²) in [7, 11) is 0. The first-order valence-electron chi connectivity index (χ1n) is 12.3. The Morgan fingerprint density at radius 2 is 1.61 bits per heavy atom. The molecule has 8 heteroatoms. The van der Waals surface area contributed by atoms with Crippen LogP contribution in [-0.2, 0) is 9.47 Å². The predicted octanol–water partition coefficient (Wildman–Crippen LogP) is 5.00. The van der Waals surface area contributed by atoms with Crippen molar-refractivity contribution in [1.82, 2.24) is 10.2 Å². The molecule has 2 aromatic rings. The molecule has 0 aliphatic carbocycles. The van der Waals surface area contributed by atoms with Gasteiger partial charge in [0.1, 0.15) is 23.1 Å². The smallest absolute Gasteiger partial charge is 0.410 e. The lowest BCUT2D eigenvalue weighted by atomic mass is 10.1. The molecule has 0 saturated carbocycles. The van der Waals surface area contributed by atoms with Gasteiger partial charge in [0, 0.05) is 13.0 Å². The molecule has 1 heterocycles. The highest BCUT2D eigenvalue weighted by molar-refractivity contribution is 5.70. The van der Waals surface area contributed by atoms with Crippen LogP contribution in [0.25, 0.3) is 11.1 Å². The summed E-state index contributed by atoms with van der Waals surface area (Å²) in [4.78, 5) is 26.5. The van der Waals surface area contributed by atoms with E-state index in [4.69, 9.17) is 14.2 Å². The zero-order valence-electron chi connectivity index (χ0n) is 22.0. The van der Waals surface area contributed by atoms with Crippen LogP contribution in [0.2, 0.25) is 0 Å². The summed E-state index contributed by atoms with van der Waals surface area (Å²) in [6.45, 7) is 10.8. The summed E-state index contributed by atoms with van der Waals surface area (Å²) in [5, 5.41) is 13.5. The van der Waals surface area contributed by atoms with Gasteiger partial charge in [0.05, 0.1) is 18.7 Å². The summed E-state index contributed by atoms with van der Waals surface area (Å²) in [6, 6.07) is 17.2. The number of rotatable bonds is 6. The summed E-state index contributed by atoms with van der Waals surface area (Å²) in [5.41, 5.74) is 0.752. The number of benzene rings is 2. The molecule has 1 unspecified atom stereocenters. The Hall–Kier alpha value is -3.26. The zero-order valence-corrected chi connectivity index (χ0v) is 22.0. The first-order valence-corrected chi connectivity index (χ1v) is 12.3. The minimum atomic E-state index is -1.03. The highest BCUT2D eigenvalue weighted by atomic mass is 16.6. The maximum absolute atomic E-state index is 13.0. The molecule has 0 radical (unpaired) electrons. The van der Waals surface area contributed by atoms with Gasteiger partial charge in [0.25, 0.3) is 0 Å². The van der Waals surface area contributed by atoms with Crippen molar-refractivity contribution in [1.29, 1.82) is 0 Å². The monoisotopic (exact) mass is 498 g/mol. The van der Waals surface area contributed by atoms with E-state index in [0.29, 0.717) is 12.2 Å². The third kappa shape index (κ3) is 8.16. The van der Waals surface area contributed by atoms with Crippen molar-refractivity contribution in [2.24, 2.45) is 0 Å². The summed E-state index contributed by atoms with van der Waals surface area (Å²) in [6.07, 6.45) is -2.17. The molecule has 3 atom stereocenters. The van der Waals surface area contributed by atoms with Crippen LogP contribution in [-0.4, -0.2) is 64.7 Å². The highest BCUT2D eigenvalue weighted by Gasteiger charge is 2.42. The number of likely N-dealkylation sites (tertiary alicyclic amines) is 1. The molecule has 3 rings (SSSR count). The van der Waals surface area contributed by atoms with E-state index < -0.39 is 35.5 Å². The van der Waals surface area contributed by atoms with Crippen molar-refractivity contribution in [3.63, 3.8) is 0 Å². The summed E-state index contributed by atoms with van der Waals surface area (Å²) < 4.78 is 17.1. The lowest BCUT2D eigenvalue weighted by molar-refractivity contribution is 0.00420. The number of nitrogens with zero attached hydrogens (tertiary/aromatic N) is 1. The van der Waals surface area contributed by atoms with E-state index in [-0.39, 0.29) is 19.2 Å². The van der Waals surface area contributed by atoms with Gasteiger partial charge in [-0.05, 0) is 64.8 Å². The molecule has 0 spiro atoms. The number of amides is 2. The lowest BCUT2D eigenvalue weighted by Gasteiger charge is -2.30. The maximum Gasteiger partial charge on any atom is 0.410 e. The van der Waals surface area contributed by atoms with E-state index in [9.17, 15) is 14.7 Å². The van der Waals surface area contributed by atoms with Crippen LogP contribution in [0.5, 0.6) is 5.75 Å². The number of carbonyl (C=O) groups is 2. The molecule has 1 saturated heterocycles. The molecule has 1 fully saturated rings. The predicted molar refractivity (Wildman–Crippen MR) is 138 cm³/mol. The van der Waals surface area contributed by atoms with Crippen LogP contribution in [0.4, 0.5) is 9.59 Å². The average Bonchev–Trinajstić information content (AvgIpc) is 3.20. The van der Waals surface area contributed by atoms with Crippen LogP contribution in [0, 0.1) is 0 Å². The normalized spacial score (nSPS) is 18.9. The van der Waals surface area contributed by atoms with Crippen LogP contribution >= 0.6 is 0 Å². The summed E-state index contributed by atoms with van der Waals surface area (Å²) in [5.74, 6) is 0.674. The molecule has 1 aliphatic rings. The Morgan fingerprint density at radius 1 is 0.972 bits per heavy atom. The Balaban J connectivity index is 1.71. The van der Waals surface area contributed by atoms with Crippen molar-refractivity contribution in [2.75, 3.05) is 13.1 Å². The number of hydrogen-bond donors (Lipinski definition) is 2. The van der Waals surface area contributed by atoms with E-state index in [1.807, 2.05) is 54.6 Å². The van der Waals surface area contributed by atoms with E-state index in [0.717, 1.165) is 11.1 Å². The van der Waals surface area contributed by atoms with E-state index in [2.05, 4.69) is 5.32 Å². The molecule has 196 valence electrons. The van der Waals surface area contributed by atoms with Crippen molar-refractivity contribution >= 4 is 12.2 Å². The second-order valence-corrected chi connectivity index (χ2v) is 11.0. The van der Waals surface area contributed by atoms with Gasteiger partial charge in [0.15, 0.2) is 0 Å². The molecule has 2 aromatic carbocycles. The minimum Gasteiger partial charge on any atom is -0.488 e. The Bertz CT molecular complexity index is 1030. The third-order valence-corrected chi connectivity index (χ3v) is 5.48. The van der Waals surface area contributed by atoms with Gasteiger partial charge >= 0.3 is 12.2 Å². The van der Waals surface area contributed by atoms with E-state index >= 15 is 0 Å². The maximum atomic E-state index is 13.0. The Kier molecular flexibility index (Phi) is 8.51. The largest absolute Gasteiger partial charge is 0.488 e. The fourth-order valence-electron chi connectivity index (χ4n) is 4.02. The van der Waals surface area contributed by atoms with Gasteiger partial charge in [-0.1, -0.05) is 42.5 Å². The first-order chi connectivity index (χ1) is 16.8. The van der Waals surface area contributed by atoms with E-state index in [1.165, 1.54) is 4.90 Å². The number of aliphatic hydroxyl groups excluding tert-OH is 1. The zero-order chi connectivity index (χ0) is 26.5. The first kappa shape index (κ1) is 27.3. The number of ether oxygens (including phenoxy) is 3. The number of hydrogen-bond acceptors (Lipinski definition) is 6. The molecule has 2 amide bonds. The van der Waals surface area contributed by atoms with Crippen LogP contribution in [0.3, 0.4) is 0 Å². The number of nitrogens with one attached hydrogen (secondary N) is 1. The minimum absolute atomic E-state index is 0.0743. The van der Waals surface area contributed by atoms with Gasteiger partial charge in [-0.3, -0.25) is 4.90 Å². The van der Waals surface area contributed by atoms with Crippen LogP contribution in [0.15, 0.2) is 54.6 Å². The summed E-state index contributed by atoms with van der Waals surface area (Å²) >= 11 is 0. The SMILES string of the molecule is CC(C)(C)OC(=O)NCC(O)[C@@H]1C[C@@H](Oc2cccc(-c3ccccc3)c2)CN1C(=O)OC(C)(C)C. The highest BCUT2D eigenvalue weighted by Crippen LogP contribution is 2.29. The van der Waals surface area contributed by atoms with Gasteiger partial charge in [-0.15, -0.1) is 0 Å². The molecular weight excluding hydrogens is 460 g/mol. The van der Waals surface area contributed by atoms with Crippen molar-refractivity contribution in [3.8, 4) is 16.9 Å². The van der Waals surface area contributed by atoms with Crippen LogP contribution < -0.4 is 10.1 Å². The van der Waals surface area contributed by atoms with Crippen molar-refractivity contribution < 1.29 is 28.9 Å². The molecular formula is C28H38N2O6. The molecule has 2 N–H and O–H groups in total. The van der Waals surface area contributed by atoms with E-state index in [1.54, 1.807) is 41.5 Å². The van der Waals surface area contributed by atoms with Gasteiger partial charge in [-0.2, -0.15) is 0 Å². The second kappa shape index (κ2) is 11.2. The number of alkyl carbamates (subject to hydrolysis) is 1. The molecule has 1 aliphatic heterocycles. The Morgan fingerprint density at radius 3 is 2.25 bits per heavy atom. The van der Waals surface area contributed by atoms with Gasteiger partial charge in [-0.25, -0.2) is 9.59 Å². The average molecular weight is 499 g/mol. The molecule has 0 bridgehead atoms. The number of carbonyl (C=O) groups excluding carboxylic acids is 2. The third-order valence-electron chi connectivity index (χ3n) is 5.48. The lowest BCUT2D eigenvalue weighted by Crippen LogP contribution is -2.49. The molecule has 0 aromatic heterocycles. The van der Waals surface area contributed by atoms with Crippen molar-refractivity contribution in [2.45, 2.75) is 77.4 Å². The van der Waals surface area contributed by atoms with Gasteiger partial charge in [0.2, 0.25) is 0 Å². The second-order valence-electron chi connectivity index (χ2n) is 11.0. The quantitative estimate of drug-likeness (QED) is 0.582. The van der Waals surface area contributed by atoms with Crippen molar-refractivity contribution in [3.05, 3.63) is 54.6 Å². The molecule has 8 nitrogen and oxygen atoms in total. The van der Waals surface area contributed by atoms with Gasteiger partial charge < -0.3 is 24.6 Å². The fourth-order valence-corrected chi connectivity index (χ4v) is 4.02. The Labute approximate surface area is 213 Å². The standard InChI is InChI=1S/C28H38N2O6/c1-27(2,3)35-25(32)29-17-24(31)23-16-22(18-30(23)26(33)36-28(4,5)6)34-21-14-10-13-20(15-21)19-11-8-7-9-12-19/h7-15,22-24,31H,16-18H2,1-6H3,(H,29,32)/t22-,23+,24?/m1/s1. The topological polar surface area (TPSA) is 97.3 Å².